The molecule has 2 rings (SSSR count). The van der Waals surface area contributed by atoms with Gasteiger partial charge in [0.1, 0.15) is 4.90 Å². The molecule has 0 atom stereocenters. The van der Waals surface area contributed by atoms with Crippen molar-refractivity contribution in [2.24, 2.45) is 12.8 Å². The Labute approximate surface area is 127 Å². The monoisotopic (exact) mass is 357 g/mol. The van der Waals surface area contributed by atoms with Gasteiger partial charge >= 0.3 is 0 Å². The zero-order chi connectivity index (χ0) is 14.9. The van der Waals surface area contributed by atoms with Crippen LogP contribution in [-0.4, -0.2) is 13.0 Å². The molecule has 0 radical (unpaired) electrons. The highest BCUT2D eigenvalue weighted by Crippen LogP contribution is 2.28. The maximum absolute atomic E-state index is 12.4. The lowest BCUT2D eigenvalue weighted by molar-refractivity contribution is 0.601. The standard InChI is InChI=1S/C13H16BrN3O2S/c1-9-4-3-5-12(13(9)14)16-20(18,19)11-6-10(7-15)17(2)8-11/h3-6,8,16H,7,15H2,1-2H3. The van der Waals surface area contributed by atoms with Crippen molar-refractivity contribution in [3.8, 4) is 0 Å². The maximum Gasteiger partial charge on any atom is 0.263 e. The Morgan fingerprint density at radius 2 is 2.10 bits per heavy atom. The van der Waals surface area contributed by atoms with Crippen molar-refractivity contribution >= 4 is 31.6 Å². The molecule has 1 aromatic carbocycles. The predicted molar refractivity (Wildman–Crippen MR) is 83.0 cm³/mol. The Morgan fingerprint density at radius 3 is 2.70 bits per heavy atom. The van der Waals surface area contributed by atoms with E-state index in [9.17, 15) is 8.42 Å². The Hall–Kier alpha value is -1.31. The summed E-state index contributed by atoms with van der Waals surface area (Å²) in [5.41, 5.74) is 7.79. The smallest absolute Gasteiger partial charge is 0.263 e. The first kappa shape index (κ1) is 15.1. The predicted octanol–water partition coefficient (Wildman–Crippen LogP) is 2.36. The minimum Gasteiger partial charge on any atom is -0.352 e. The van der Waals surface area contributed by atoms with Gasteiger partial charge in [-0.1, -0.05) is 12.1 Å². The molecule has 0 saturated carbocycles. The molecule has 0 unspecified atom stereocenters. The summed E-state index contributed by atoms with van der Waals surface area (Å²) in [4.78, 5) is 0.203. The van der Waals surface area contributed by atoms with Crippen molar-refractivity contribution in [3.05, 3.63) is 46.2 Å². The van der Waals surface area contributed by atoms with Crippen molar-refractivity contribution in [1.82, 2.24) is 4.57 Å². The summed E-state index contributed by atoms with van der Waals surface area (Å²) < 4.78 is 29.7. The molecule has 0 aliphatic rings. The number of hydrogen-bond donors (Lipinski definition) is 2. The van der Waals surface area contributed by atoms with E-state index >= 15 is 0 Å². The Balaban J connectivity index is 2.38. The Bertz CT molecular complexity index is 738. The third-order valence-corrected chi connectivity index (χ3v) is 5.42. The van der Waals surface area contributed by atoms with Crippen molar-refractivity contribution in [2.75, 3.05) is 4.72 Å². The SMILES string of the molecule is Cc1cccc(NS(=O)(=O)c2cc(CN)n(C)c2)c1Br. The first-order valence-electron chi connectivity index (χ1n) is 5.98. The van der Waals surface area contributed by atoms with Crippen LogP contribution in [0.1, 0.15) is 11.3 Å². The molecule has 1 aromatic heterocycles. The van der Waals surface area contributed by atoms with Crippen LogP contribution >= 0.6 is 15.9 Å². The summed E-state index contributed by atoms with van der Waals surface area (Å²) in [5.74, 6) is 0. The number of aromatic nitrogens is 1. The van der Waals surface area contributed by atoms with Gasteiger partial charge in [0.2, 0.25) is 0 Å². The van der Waals surface area contributed by atoms with Crippen molar-refractivity contribution < 1.29 is 8.42 Å². The molecule has 0 fully saturated rings. The average molecular weight is 358 g/mol. The fourth-order valence-electron chi connectivity index (χ4n) is 1.86. The van der Waals surface area contributed by atoms with Gasteiger partial charge in [-0.2, -0.15) is 0 Å². The van der Waals surface area contributed by atoms with Gasteiger partial charge in [0.05, 0.1) is 5.69 Å². The third-order valence-electron chi connectivity index (χ3n) is 3.04. The molecule has 7 heteroatoms. The van der Waals surface area contributed by atoms with Gasteiger partial charge < -0.3 is 10.3 Å². The third kappa shape index (κ3) is 2.89. The molecule has 20 heavy (non-hydrogen) atoms. The number of rotatable bonds is 4. The minimum absolute atomic E-state index is 0.203. The summed E-state index contributed by atoms with van der Waals surface area (Å²) in [6.07, 6.45) is 1.55. The molecule has 0 saturated heterocycles. The zero-order valence-corrected chi connectivity index (χ0v) is 13.6. The lowest BCUT2D eigenvalue weighted by atomic mass is 10.2. The first-order valence-corrected chi connectivity index (χ1v) is 8.26. The lowest BCUT2D eigenvalue weighted by Crippen LogP contribution is -2.12. The molecule has 5 nitrogen and oxygen atoms in total. The minimum atomic E-state index is -3.62. The Morgan fingerprint density at radius 1 is 1.40 bits per heavy atom. The summed E-state index contributed by atoms with van der Waals surface area (Å²) in [5, 5.41) is 0. The molecular weight excluding hydrogens is 342 g/mol. The van der Waals surface area contributed by atoms with Gasteiger partial charge in [0.15, 0.2) is 0 Å². The van der Waals surface area contributed by atoms with E-state index in [1.165, 1.54) is 0 Å². The molecule has 0 aliphatic heterocycles. The quantitative estimate of drug-likeness (QED) is 0.881. The highest BCUT2D eigenvalue weighted by atomic mass is 79.9. The number of anilines is 1. The van der Waals surface area contributed by atoms with E-state index in [1.807, 2.05) is 13.0 Å². The second-order valence-electron chi connectivity index (χ2n) is 4.52. The number of nitrogens with two attached hydrogens (primary N) is 1. The molecule has 2 aromatic rings. The van der Waals surface area contributed by atoms with Gasteiger partial charge in [-0.25, -0.2) is 8.42 Å². The number of hydrogen-bond acceptors (Lipinski definition) is 3. The fraction of sp³-hybridized carbons (Fsp3) is 0.231. The molecule has 0 amide bonds. The Kier molecular flexibility index (Phi) is 4.22. The number of benzene rings is 1. The number of nitrogens with one attached hydrogen (secondary N) is 1. The highest BCUT2D eigenvalue weighted by molar-refractivity contribution is 9.10. The van der Waals surface area contributed by atoms with Crippen LogP contribution in [0.25, 0.3) is 0 Å². The summed E-state index contributed by atoms with van der Waals surface area (Å²) >= 11 is 3.39. The number of sulfonamides is 1. The molecule has 108 valence electrons. The largest absolute Gasteiger partial charge is 0.352 e. The van der Waals surface area contributed by atoms with Crippen LogP contribution in [0.15, 0.2) is 39.8 Å². The molecular formula is C13H16BrN3O2S. The van der Waals surface area contributed by atoms with Crippen LogP contribution < -0.4 is 10.5 Å². The van der Waals surface area contributed by atoms with E-state index in [0.717, 1.165) is 15.7 Å². The molecule has 0 aliphatic carbocycles. The van der Waals surface area contributed by atoms with E-state index in [0.29, 0.717) is 12.2 Å². The van der Waals surface area contributed by atoms with Gasteiger partial charge in [0.25, 0.3) is 10.0 Å². The zero-order valence-electron chi connectivity index (χ0n) is 11.2. The normalized spacial score (nSPS) is 11.6. The van der Waals surface area contributed by atoms with E-state index in [2.05, 4.69) is 20.7 Å². The van der Waals surface area contributed by atoms with Crippen molar-refractivity contribution in [3.63, 3.8) is 0 Å². The maximum atomic E-state index is 12.4. The molecule has 1 heterocycles. The van der Waals surface area contributed by atoms with E-state index in [4.69, 9.17) is 5.73 Å². The molecule has 0 bridgehead atoms. The van der Waals surface area contributed by atoms with Crippen LogP contribution in [0.2, 0.25) is 0 Å². The van der Waals surface area contributed by atoms with Crippen molar-refractivity contribution in [1.29, 1.82) is 0 Å². The molecule has 3 N–H and O–H groups in total. The summed E-state index contributed by atoms with van der Waals surface area (Å²) in [6.45, 7) is 2.19. The van der Waals surface area contributed by atoms with Crippen LogP contribution in [0, 0.1) is 6.92 Å². The summed E-state index contributed by atoms with van der Waals surface area (Å²) in [6, 6.07) is 6.98. The van der Waals surface area contributed by atoms with E-state index in [-0.39, 0.29) is 4.90 Å². The second-order valence-corrected chi connectivity index (χ2v) is 7.00. The van der Waals surface area contributed by atoms with Crippen LogP contribution in [0.4, 0.5) is 5.69 Å². The van der Waals surface area contributed by atoms with Gasteiger partial charge in [-0.3, -0.25) is 4.72 Å². The van der Waals surface area contributed by atoms with Crippen LogP contribution in [0.3, 0.4) is 0 Å². The fourth-order valence-corrected chi connectivity index (χ4v) is 3.52. The van der Waals surface area contributed by atoms with E-state index in [1.54, 1.807) is 36.0 Å². The molecule has 0 spiro atoms. The van der Waals surface area contributed by atoms with Gasteiger partial charge in [-0.05, 0) is 40.5 Å². The number of halogens is 1. The van der Waals surface area contributed by atoms with Crippen LogP contribution in [0.5, 0.6) is 0 Å². The highest BCUT2D eigenvalue weighted by Gasteiger charge is 2.18. The van der Waals surface area contributed by atoms with Gasteiger partial charge in [-0.15, -0.1) is 0 Å². The van der Waals surface area contributed by atoms with E-state index < -0.39 is 10.0 Å². The van der Waals surface area contributed by atoms with Crippen molar-refractivity contribution in [2.45, 2.75) is 18.4 Å². The first-order chi connectivity index (χ1) is 9.35. The second kappa shape index (κ2) is 5.59. The van der Waals surface area contributed by atoms with Gasteiger partial charge in [0, 0.05) is 30.0 Å². The number of nitrogens with zero attached hydrogens (tertiary/aromatic N) is 1. The lowest BCUT2D eigenvalue weighted by Gasteiger charge is -2.10. The summed E-state index contributed by atoms with van der Waals surface area (Å²) in [7, 11) is -1.85. The van der Waals surface area contributed by atoms with Crippen LogP contribution in [-0.2, 0) is 23.6 Å². The average Bonchev–Trinajstić information content (AvgIpc) is 2.77. The topological polar surface area (TPSA) is 77.1 Å². The number of aryl methyl sites for hydroxylation is 2.